The quantitative estimate of drug-likeness (QED) is 0.673. The van der Waals surface area contributed by atoms with Crippen molar-refractivity contribution >= 4 is 18.9 Å². The molecule has 0 fully saturated rings. The van der Waals surface area contributed by atoms with Gasteiger partial charge < -0.3 is 9.79 Å². The Kier molecular flexibility index (Phi) is 2.26. The van der Waals surface area contributed by atoms with Crippen molar-refractivity contribution in [2.45, 2.75) is 6.16 Å². The monoisotopic (exact) mass is 178 g/mol. The van der Waals surface area contributed by atoms with E-state index in [-0.39, 0.29) is 6.16 Å². The summed E-state index contributed by atoms with van der Waals surface area (Å²) in [5.41, 5.74) is 0.707. The average molecular weight is 178 g/mol. The molecular weight excluding hydrogens is 171 g/mol. The van der Waals surface area contributed by atoms with Crippen molar-refractivity contribution in [3.63, 3.8) is 0 Å². The van der Waals surface area contributed by atoms with Crippen molar-refractivity contribution in [3.8, 4) is 0 Å². The molecule has 1 heterocycles. The summed E-state index contributed by atoms with van der Waals surface area (Å²) < 4.78 is 10.4. The predicted octanol–water partition coefficient (Wildman–Crippen LogP) is 1.43. The van der Waals surface area contributed by atoms with E-state index in [0.29, 0.717) is 5.56 Å². The number of rotatable bonds is 2. The Balaban J connectivity index is 2.66. The Labute approximate surface area is 62.5 Å². The normalized spacial score (nSPS) is 11.8. The van der Waals surface area contributed by atoms with Crippen molar-refractivity contribution in [1.29, 1.82) is 0 Å². The molecule has 3 nitrogen and oxygen atoms in total. The van der Waals surface area contributed by atoms with Gasteiger partial charge in [0.25, 0.3) is 0 Å². The number of hydrogen-bond donors (Lipinski definition) is 2. The van der Waals surface area contributed by atoms with Crippen LogP contribution in [0.4, 0.5) is 0 Å². The zero-order chi connectivity index (χ0) is 7.61. The first-order valence-electron chi connectivity index (χ1n) is 2.63. The van der Waals surface area contributed by atoms with E-state index >= 15 is 0 Å². The van der Waals surface area contributed by atoms with Crippen molar-refractivity contribution in [1.82, 2.24) is 0 Å². The van der Waals surface area contributed by atoms with Crippen molar-refractivity contribution in [2.75, 3.05) is 0 Å². The van der Waals surface area contributed by atoms with Crippen LogP contribution in [0.2, 0.25) is 0 Å². The summed E-state index contributed by atoms with van der Waals surface area (Å²) in [6, 6.07) is 1.71. The minimum absolute atomic E-state index is 0.142. The second kappa shape index (κ2) is 2.84. The summed E-state index contributed by atoms with van der Waals surface area (Å²) in [6.45, 7) is 0. The van der Waals surface area contributed by atoms with Crippen LogP contribution in [0.5, 0.6) is 0 Å². The van der Waals surface area contributed by atoms with Gasteiger partial charge in [-0.1, -0.05) is 0 Å². The Morgan fingerprint density at radius 3 is 2.70 bits per heavy atom. The molecule has 0 atom stereocenters. The second-order valence-electron chi connectivity index (χ2n) is 1.95. The molecule has 5 heteroatoms. The SMILES string of the molecule is O=P(O)(O)Cc1ccsc1. The largest absolute Gasteiger partial charge is 0.329 e. The molecular formula is C5H7O3PS. The van der Waals surface area contributed by atoms with Crippen molar-refractivity contribution < 1.29 is 14.4 Å². The Bertz CT molecular complexity index is 237. The van der Waals surface area contributed by atoms with Crippen LogP contribution in [0.25, 0.3) is 0 Å². The van der Waals surface area contributed by atoms with Crippen LogP contribution in [0.1, 0.15) is 5.56 Å². The van der Waals surface area contributed by atoms with Gasteiger partial charge >= 0.3 is 7.60 Å². The molecule has 1 rings (SSSR count). The first-order chi connectivity index (χ1) is 4.58. The topological polar surface area (TPSA) is 57.5 Å². The van der Waals surface area contributed by atoms with Crippen molar-refractivity contribution in [3.05, 3.63) is 22.4 Å². The number of hydrogen-bond acceptors (Lipinski definition) is 2. The van der Waals surface area contributed by atoms with Crippen LogP contribution in [0.3, 0.4) is 0 Å². The van der Waals surface area contributed by atoms with Crippen LogP contribution in [0.15, 0.2) is 16.8 Å². The van der Waals surface area contributed by atoms with Gasteiger partial charge in [-0.05, 0) is 22.4 Å². The van der Waals surface area contributed by atoms with Gasteiger partial charge in [0.15, 0.2) is 0 Å². The standard InChI is InChI=1S/C5H7O3PS/c6-9(7,8)3-5-1-2-10-4-5/h1-2,4H,3H2,(H2,6,7,8). The first-order valence-corrected chi connectivity index (χ1v) is 5.37. The maximum atomic E-state index is 10.4. The summed E-state index contributed by atoms with van der Waals surface area (Å²) >= 11 is 1.44. The van der Waals surface area contributed by atoms with Gasteiger partial charge in [0.2, 0.25) is 0 Å². The highest BCUT2D eigenvalue weighted by Crippen LogP contribution is 2.39. The molecule has 1 aromatic heterocycles. The molecule has 0 aromatic carbocycles. The van der Waals surface area contributed by atoms with Crippen molar-refractivity contribution in [2.24, 2.45) is 0 Å². The van der Waals surface area contributed by atoms with E-state index in [0.717, 1.165) is 0 Å². The Hall–Kier alpha value is -0.150. The minimum atomic E-state index is -3.85. The molecule has 0 saturated carbocycles. The fourth-order valence-corrected chi connectivity index (χ4v) is 2.08. The lowest BCUT2D eigenvalue weighted by atomic mass is 10.4. The minimum Gasteiger partial charge on any atom is -0.324 e. The van der Waals surface area contributed by atoms with E-state index in [9.17, 15) is 4.57 Å². The molecule has 10 heavy (non-hydrogen) atoms. The lowest BCUT2D eigenvalue weighted by molar-refractivity contribution is 0.372. The van der Waals surface area contributed by atoms with Gasteiger partial charge in [-0.25, -0.2) is 0 Å². The molecule has 0 bridgehead atoms. The first kappa shape index (κ1) is 7.95. The van der Waals surface area contributed by atoms with Gasteiger partial charge in [0.1, 0.15) is 0 Å². The van der Waals surface area contributed by atoms with Gasteiger partial charge in [0.05, 0.1) is 6.16 Å². The fourth-order valence-electron chi connectivity index (χ4n) is 0.620. The second-order valence-corrected chi connectivity index (χ2v) is 4.38. The smallest absolute Gasteiger partial charge is 0.324 e. The lowest BCUT2D eigenvalue weighted by Crippen LogP contribution is -1.82. The van der Waals surface area contributed by atoms with Crippen LogP contribution in [-0.2, 0) is 10.7 Å². The van der Waals surface area contributed by atoms with E-state index in [1.54, 1.807) is 16.8 Å². The summed E-state index contributed by atoms with van der Waals surface area (Å²) in [6.07, 6.45) is -0.142. The predicted molar refractivity (Wildman–Crippen MR) is 40.1 cm³/mol. The third kappa shape index (κ3) is 2.62. The van der Waals surface area contributed by atoms with Gasteiger partial charge in [0, 0.05) is 0 Å². The Morgan fingerprint density at radius 1 is 1.60 bits per heavy atom. The molecule has 0 spiro atoms. The van der Waals surface area contributed by atoms with Crippen LogP contribution in [-0.4, -0.2) is 9.79 Å². The van der Waals surface area contributed by atoms with E-state index in [1.165, 1.54) is 11.3 Å². The number of thiophene rings is 1. The molecule has 1 aromatic rings. The van der Waals surface area contributed by atoms with E-state index in [1.807, 2.05) is 0 Å². The molecule has 0 aliphatic carbocycles. The molecule has 0 unspecified atom stereocenters. The average Bonchev–Trinajstić information content (AvgIpc) is 2.12. The van der Waals surface area contributed by atoms with E-state index in [4.69, 9.17) is 9.79 Å². The zero-order valence-electron chi connectivity index (χ0n) is 5.10. The van der Waals surface area contributed by atoms with Crippen LogP contribution >= 0.6 is 18.9 Å². The molecule has 0 aliphatic heterocycles. The summed E-state index contributed by atoms with van der Waals surface area (Å²) in [4.78, 5) is 17.0. The molecule has 0 amide bonds. The molecule has 0 saturated heterocycles. The molecule has 0 aliphatic rings. The zero-order valence-corrected chi connectivity index (χ0v) is 6.81. The lowest BCUT2D eigenvalue weighted by Gasteiger charge is -1.98. The van der Waals surface area contributed by atoms with Gasteiger partial charge in [-0.3, -0.25) is 4.57 Å². The van der Waals surface area contributed by atoms with E-state index in [2.05, 4.69) is 0 Å². The third-order valence-corrected chi connectivity index (χ3v) is 2.48. The summed E-state index contributed by atoms with van der Waals surface area (Å²) in [5, 5.41) is 3.53. The highest BCUT2D eigenvalue weighted by atomic mass is 32.1. The maximum absolute atomic E-state index is 10.4. The fraction of sp³-hybridized carbons (Fsp3) is 0.200. The molecule has 2 N–H and O–H groups in total. The van der Waals surface area contributed by atoms with Crippen LogP contribution in [0, 0.1) is 0 Å². The Morgan fingerprint density at radius 2 is 2.30 bits per heavy atom. The third-order valence-electron chi connectivity index (χ3n) is 0.969. The highest BCUT2D eigenvalue weighted by Gasteiger charge is 2.13. The van der Waals surface area contributed by atoms with E-state index < -0.39 is 7.60 Å². The van der Waals surface area contributed by atoms with Crippen LogP contribution < -0.4 is 0 Å². The van der Waals surface area contributed by atoms with Gasteiger partial charge in [-0.2, -0.15) is 11.3 Å². The summed E-state index contributed by atoms with van der Waals surface area (Å²) in [5.74, 6) is 0. The highest BCUT2D eigenvalue weighted by molar-refractivity contribution is 7.50. The van der Waals surface area contributed by atoms with Gasteiger partial charge in [-0.15, -0.1) is 0 Å². The molecule has 0 radical (unpaired) electrons. The summed E-state index contributed by atoms with van der Waals surface area (Å²) in [7, 11) is -3.85. The molecule has 56 valence electrons. The maximum Gasteiger partial charge on any atom is 0.329 e.